The number of ether oxygens (including phenoxy) is 1. The Morgan fingerprint density at radius 1 is 1.19 bits per heavy atom. The standard InChI is InChI=1S/C21H20ClN3O2/c1-12(15-9-5-7-13-6-3-4-8-16(13)15)23-20-17(22)18(21(26)27-2)24-19(25-20)14-10-11-14/h3-9,12,14H,10-11H2,1-2H3,(H,23,24,25). The second kappa shape index (κ2) is 7.16. The van der Waals surface area contributed by atoms with Crippen molar-refractivity contribution in [3.63, 3.8) is 0 Å². The average Bonchev–Trinajstić information content (AvgIpc) is 3.53. The maximum atomic E-state index is 12.1. The number of carbonyl (C=O) groups excluding carboxylic acids is 1. The molecule has 1 N–H and O–H groups in total. The van der Waals surface area contributed by atoms with E-state index in [4.69, 9.17) is 16.3 Å². The zero-order valence-corrected chi connectivity index (χ0v) is 16.0. The number of hydrogen-bond donors (Lipinski definition) is 1. The van der Waals surface area contributed by atoms with Crippen molar-refractivity contribution in [1.29, 1.82) is 0 Å². The monoisotopic (exact) mass is 381 g/mol. The van der Waals surface area contributed by atoms with Gasteiger partial charge in [0.25, 0.3) is 0 Å². The van der Waals surface area contributed by atoms with Crippen molar-refractivity contribution in [3.05, 3.63) is 64.6 Å². The second-order valence-electron chi connectivity index (χ2n) is 6.79. The summed E-state index contributed by atoms with van der Waals surface area (Å²) in [5.41, 5.74) is 1.25. The van der Waals surface area contributed by atoms with Gasteiger partial charge in [-0.2, -0.15) is 0 Å². The van der Waals surface area contributed by atoms with Gasteiger partial charge in [-0.15, -0.1) is 0 Å². The smallest absolute Gasteiger partial charge is 0.358 e. The van der Waals surface area contributed by atoms with E-state index in [2.05, 4.69) is 46.5 Å². The van der Waals surface area contributed by atoms with Crippen molar-refractivity contribution in [1.82, 2.24) is 9.97 Å². The van der Waals surface area contributed by atoms with Crippen molar-refractivity contribution < 1.29 is 9.53 Å². The van der Waals surface area contributed by atoms with E-state index >= 15 is 0 Å². The van der Waals surface area contributed by atoms with Gasteiger partial charge < -0.3 is 10.1 Å². The van der Waals surface area contributed by atoms with Gasteiger partial charge in [0.15, 0.2) is 5.69 Å². The van der Waals surface area contributed by atoms with Crippen LogP contribution in [-0.2, 0) is 4.74 Å². The van der Waals surface area contributed by atoms with Crippen molar-refractivity contribution in [3.8, 4) is 0 Å². The van der Waals surface area contributed by atoms with Crippen LogP contribution in [-0.4, -0.2) is 23.0 Å². The summed E-state index contributed by atoms with van der Waals surface area (Å²) in [6.07, 6.45) is 2.06. The number of hydrogen-bond acceptors (Lipinski definition) is 5. The first-order chi connectivity index (χ1) is 13.1. The molecule has 1 heterocycles. The van der Waals surface area contributed by atoms with E-state index in [1.54, 1.807) is 0 Å². The minimum atomic E-state index is -0.551. The van der Waals surface area contributed by atoms with Crippen LogP contribution >= 0.6 is 11.6 Å². The first-order valence-corrected chi connectivity index (χ1v) is 9.36. The number of rotatable bonds is 5. The molecule has 0 saturated heterocycles. The molecule has 27 heavy (non-hydrogen) atoms. The van der Waals surface area contributed by atoms with E-state index in [-0.39, 0.29) is 16.8 Å². The van der Waals surface area contributed by atoms with Gasteiger partial charge in [-0.1, -0.05) is 54.1 Å². The topological polar surface area (TPSA) is 64.1 Å². The van der Waals surface area contributed by atoms with Crippen molar-refractivity contribution in [2.75, 3.05) is 12.4 Å². The van der Waals surface area contributed by atoms with E-state index in [9.17, 15) is 4.79 Å². The van der Waals surface area contributed by atoms with Crippen LogP contribution in [0.2, 0.25) is 5.02 Å². The summed E-state index contributed by atoms with van der Waals surface area (Å²) in [7, 11) is 1.32. The molecule has 4 rings (SSSR count). The number of benzene rings is 2. The SMILES string of the molecule is COC(=O)c1nc(C2CC2)nc(NC(C)c2cccc3ccccc23)c1Cl. The van der Waals surface area contributed by atoms with Crippen molar-refractivity contribution in [2.24, 2.45) is 0 Å². The average molecular weight is 382 g/mol. The molecule has 0 aliphatic heterocycles. The molecule has 0 amide bonds. The van der Waals surface area contributed by atoms with Crippen LogP contribution in [0.25, 0.3) is 10.8 Å². The largest absolute Gasteiger partial charge is 0.464 e. The molecule has 1 fully saturated rings. The third-order valence-corrected chi connectivity index (χ3v) is 5.19. The van der Waals surface area contributed by atoms with Crippen LogP contribution in [0.5, 0.6) is 0 Å². The van der Waals surface area contributed by atoms with E-state index in [1.807, 2.05) is 18.2 Å². The Morgan fingerprint density at radius 2 is 1.93 bits per heavy atom. The van der Waals surface area contributed by atoms with E-state index in [1.165, 1.54) is 17.9 Å². The summed E-state index contributed by atoms with van der Waals surface area (Å²) in [5, 5.41) is 5.90. The summed E-state index contributed by atoms with van der Waals surface area (Å²) in [6.45, 7) is 2.05. The minimum Gasteiger partial charge on any atom is -0.464 e. The number of nitrogens with one attached hydrogen (secondary N) is 1. The van der Waals surface area contributed by atoms with Gasteiger partial charge in [-0.25, -0.2) is 14.8 Å². The number of methoxy groups -OCH3 is 1. The molecular weight excluding hydrogens is 362 g/mol. The normalized spacial score (nSPS) is 14.8. The number of fused-ring (bicyclic) bond motifs is 1. The Labute approximate surface area is 162 Å². The maximum Gasteiger partial charge on any atom is 0.358 e. The quantitative estimate of drug-likeness (QED) is 0.621. The molecule has 1 aromatic heterocycles. The number of esters is 1. The van der Waals surface area contributed by atoms with Crippen LogP contribution < -0.4 is 5.32 Å². The van der Waals surface area contributed by atoms with Gasteiger partial charge in [0.1, 0.15) is 16.7 Å². The van der Waals surface area contributed by atoms with Crippen LogP contribution in [0.3, 0.4) is 0 Å². The number of carbonyl (C=O) groups is 1. The molecule has 138 valence electrons. The van der Waals surface area contributed by atoms with Gasteiger partial charge in [-0.05, 0) is 36.1 Å². The zero-order valence-electron chi connectivity index (χ0n) is 15.2. The highest BCUT2D eigenvalue weighted by Gasteiger charge is 2.30. The van der Waals surface area contributed by atoms with Crippen LogP contribution in [0.15, 0.2) is 42.5 Å². The van der Waals surface area contributed by atoms with Crippen molar-refractivity contribution >= 4 is 34.2 Å². The highest BCUT2D eigenvalue weighted by molar-refractivity contribution is 6.35. The van der Waals surface area contributed by atoms with Gasteiger partial charge in [0, 0.05) is 5.92 Å². The molecule has 3 aromatic rings. The fraction of sp³-hybridized carbons (Fsp3) is 0.286. The van der Waals surface area contributed by atoms with Gasteiger partial charge in [0.2, 0.25) is 0 Å². The lowest BCUT2D eigenvalue weighted by molar-refractivity contribution is 0.0593. The fourth-order valence-electron chi connectivity index (χ4n) is 3.23. The van der Waals surface area contributed by atoms with Crippen LogP contribution in [0.1, 0.15) is 53.6 Å². The number of anilines is 1. The summed E-state index contributed by atoms with van der Waals surface area (Å²) in [5.74, 6) is 0.853. The molecule has 1 saturated carbocycles. The molecular formula is C21H20ClN3O2. The molecule has 1 atom stereocenters. The lowest BCUT2D eigenvalue weighted by atomic mass is 10.00. The summed E-state index contributed by atoms with van der Waals surface area (Å²) < 4.78 is 4.83. The zero-order chi connectivity index (χ0) is 19.0. The van der Waals surface area contributed by atoms with Gasteiger partial charge >= 0.3 is 5.97 Å². The lowest BCUT2D eigenvalue weighted by Gasteiger charge is -2.19. The Morgan fingerprint density at radius 3 is 2.67 bits per heavy atom. The lowest BCUT2D eigenvalue weighted by Crippen LogP contribution is -2.14. The molecule has 0 bridgehead atoms. The molecule has 1 aliphatic rings. The van der Waals surface area contributed by atoms with E-state index in [0.717, 1.165) is 18.4 Å². The fourth-order valence-corrected chi connectivity index (χ4v) is 3.44. The molecule has 0 spiro atoms. The first-order valence-electron chi connectivity index (χ1n) is 8.98. The van der Waals surface area contributed by atoms with Gasteiger partial charge in [0.05, 0.1) is 13.2 Å². The van der Waals surface area contributed by atoms with E-state index < -0.39 is 5.97 Å². The highest BCUT2D eigenvalue weighted by atomic mass is 35.5. The Bertz CT molecular complexity index is 1010. The third kappa shape index (κ3) is 3.47. The van der Waals surface area contributed by atoms with E-state index in [0.29, 0.717) is 17.6 Å². The summed E-state index contributed by atoms with van der Waals surface area (Å²) >= 11 is 6.44. The molecule has 6 heteroatoms. The Hall–Kier alpha value is -2.66. The molecule has 0 radical (unpaired) electrons. The molecule has 1 aliphatic carbocycles. The van der Waals surface area contributed by atoms with Crippen LogP contribution in [0.4, 0.5) is 5.82 Å². The molecule has 5 nitrogen and oxygen atoms in total. The Balaban J connectivity index is 1.72. The first kappa shape index (κ1) is 17.7. The Kier molecular flexibility index (Phi) is 4.70. The number of nitrogens with zero attached hydrogens (tertiary/aromatic N) is 2. The predicted molar refractivity (Wildman–Crippen MR) is 106 cm³/mol. The third-order valence-electron chi connectivity index (χ3n) is 4.83. The highest BCUT2D eigenvalue weighted by Crippen LogP contribution is 2.40. The van der Waals surface area contributed by atoms with Gasteiger partial charge in [-0.3, -0.25) is 0 Å². The number of halogens is 1. The molecule has 1 unspecified atom stereocenters. The summed E-state index contributed by atoms with van der Waals surface area (Å²) in [4.78, 5) is 21.0. The maximum absolute atomic E-state index is 12.1. The van der Waals surface area contributed by atoms with Crippen LogP contribution in [0, 0.1) is 0 Å². The predicted octanol–water partition coefficient (Wildman–Crippen LogP) is 5.12. The summed E-state index contributed by atoms with van der Waals surface area (Å²) in [6, 6.07) is 14.4. The minimum absolute atomic E-state index is 0.0546. The molecule has 2 aromatic carbocycles. The number of aromatic nitrogens is 2. The van der Waals surface area contributed by atoms with Crippen molar-refractivity contribution in [2.45, 2.75) is 31.7 Å². The second-order valence-corrected chi connectivity index (χ2v) is 7.17.